The second-order valence-corrected chi connectivity index (χ2v) is 5.28. The summed E-state index contributed by atoms with van der Waals surface area (Å²) in [5.41, 5.74) is 11.7. The van der Waals surface area contributed by atoms with Gasteiger partial charge in [0.15, 0.2) is 5.11 Å². The zero-order valence-electron chi connectivity index (χ0n) is 11.9. The van der Waals surface area contributed by atoms with Gasteiger partial charge in [0, 0.05) is 5.69 Å². The molecule has 0 heterocycles. The standard InChI is InChI=1S/C16H19N3S/c1-11-5-4-6-15(9-11)18-19-16(20)17-14-8-7-12(2)13(3)10-14/h4-10,18H,1-3H3,(H2,17,19,20). The topological polar surface area (TPSA) is 36.1 Å². The minimum atomic E-state index is 0.537. The molecule has 0 atom stereocenters. The van der Waals surface area contributed by atoms with E-state index in [1.54, 1.807) is 0 Å². The summed E-state index contributed by atoms with van der Waals surface area (Å²) in [6, 6.07) is 14.3. The van der Waals surface area contributed by atoms with Crippen LogP contribution in [0.1, 0.15) is 16.7 Å². The maximum absolute atomic E-state index is 5.26. The van der Waals surface area contributed by atoms with Crippen molar-refractivity contribution in [1.82, 2.24) is 5.43 Å². The molecule has 0 unspecified atom stereocenters. The summed E-state index contributed by atoms with van der Waals surface area (Å²) in [4.78, 5) is 0. The van der Waals surface area contributed by atoms with Crippen LogP contribution in [0.25, 0.3) is 0 Å². The van der Waals surface area contributed by atoms with Gasteiger partial charge in [-0.3, -0.25) is 10.9 Å². The van der Waals surface area contributed by atoms with Crippen LogP contribution in [0.4, 0.5) is 11.4 Å². The fourth-order valence-corrected chi connectivity index (χ4v) is 2.00. The highest BCUT2D eigenvalue weighted by molar-refractivity contribution is 7.80. The van der Waals surface area contributed by atoms with Crippen molar-refractivity contribution >= 4 is 28.7 Å². The number of rotatable bonds is 3. The van der Waals surface area contributed by atoms with Crippen molar-refractivity contribution in [1.29, 1.82) is 0 Å². The highest BCUT2D eigenvalue weighted by Crippen LogP contribution is 2.14. The van der Waals surface area contributed by atoms with Gasteiger partial charge in [-0.1, -0.05) is 18.2 Å². The Bertz CT molecular complexity index is 623. The van der Waals surface area contributed by atoms with Gasteiger partial charge in [0.25, 0.3) is 0 Å². The third-order valence-corrected chi connectivity index (χ3v) is 3.31. The van der Waals surface area contributed by atoms with E-state index in [0.29, 0.717) is 5.11 Å². The molecule has 0 saturated carbocycles. The normalized spacial score (nSPS) is 9.95. The first-order valence-electron chi connectivity index (χ1n) is 6.51. The molecule has 0 radical (unpaired) electrons. The predicted octanol–water partition coefficient (Wildman–Crippen LogP) is 3.93. The molecule has 0 fully saturated rings. The Morgan fingerprint density at radius 3 is 2.40 bits per heavy atom. The Labute approximate surface area is 125 Å². The number of nitrogens with one attached hydrogen (secondary N) is 3. The van der Waals surface area contributed by atoms with Gasteiger partial charge in [-0.15, -0.1) is 0 Å². The van der Waals surface area contributed by atoms with E-state index in [1.807, 2.05) is 24.3 Å². The number of hydrogen-bond donors (Lipinski definition) is 3. The summed E-state index contributed by atoms with van der Waals surface area (Å²) in [5.74, 6) is 0. The fraction of sp³-hybridized carbons (Fsp3) is 0.188. The zero-order valence-corrected chi connectivity index (χ0v) is 12.8. The molecule has 0 aromatic heterocycles. The van der Waals surface area contributed by atoms with Gasteiger partial charge >= 0.3 is 0 Å². The van der Waals surface area contributed by atoms with E-state index in [2.05, 4.69) is 55.1 Å². The van der Waals surface area contributed by atoms with Crippen LogP contribution in [0.2, 0.25) is 0 Å². The van der Waals surface area contributed by atoms with Gasteiger partial charge in [-0.2, -0.15) is 0 Å². The summed E-state index contributed by atoms with van der Waals surface area (Å²) in [5, 5.41) is 3.69. The van der Waals surface area contributed by atoms with Crippen LogP contribution in [0.5, 0.6) is 0 Å². The molecule has 0 spiro atoms. The molecule has 2 aromatic carbocycles. The second kappa shape index (κ2) is 6.39. The molecule has 0 amide bonds. The van der Waals surface area contributed by atoms with Gasteiger partial charge in [0.2, 0.25) is 0 Å². The molecular formula is C16H19N3S. The van der Waals surface area contributed by atoms with Gasteiger partial charge in [-0.25, -0.2) is 0 Å². The third kappa shape index (κ3) is 3.96. The van der Waals surface area contributed by atoms with Crippen molar-refractivity contribution in [3.8, 4) is 0 Å². The monoisotopic (exact) mass is 285 g/mol. The summed E-state index contributed by atoms with van der Waals surface area (Å²) in [7, 11) is 0. The maximum Gasteiger partial charge on any atom is 0.189 e. The number of thiocarbonyl (C=S) groups is 1. The van der Waals surface area contributed by atoms with Crippen molar-refractivity contribution in [2.75, 3.05) is 10.7 Å². The van der Waals surface area contributed by atoms with E-state index in [1.165, 1.54) is 16.7 Å². The van der Waals surface area contributed by atoms with Crippen LogP contribution in [0.3, 0.4) is 0 Å². The Hall–Kier alpha value is -2.07. The molecule has 3 N–H and O–H groups in total. The van der Waals surface area contributed by atoms with Crippen LogP contribution in [-0.2, 0) is 0 Å². The van der Waals surface area contributed by atoms with E-state index in [9.17, 15) is 0 Å². The lowest BCUT2D eigenvalue weighted by molar-refractivity contribution is 1.13. The molecule has 20 heavy (non-hydrogen) atoms. The number of hydrogen-bond acceptors (Lipinski definition) is 2. The van der Waals surface area contributed by atoms with Crippen LogP contribution in [0, 0.1) is 20.8 Å². The van der Waals surface area contributed by atoms with Gasteiger partial charge in [0.1, 0.15) is 0 Å². The largest absolute Gasteiger partial charge is 0.331 e. The molecular weight excluding hydrogens is 266 g/mol. The molecule has 0 aliphatic rings. The number of hydrazine groups is 1. The fourth-order valence-electron chi connectivity index (χ4n) is 1.83. The summed E-state index contributed by atoms with van der Waals surface area (Å²) in [6.07, 6.45) is 0. The quantitative estimate of drug-likeness (QED) is 0.590. The average molecular weight is 285 g/mol. The van der Waals surface area contributed by atoms with Crippen LogP contribution in [-0.4, -0.2) is 5.11 Å². The lowest BCUT2D eigenvalue weighted by atomic mass is 10.1. The van der Waals surface area contributed by atoms with Gasteiger partial charge in [-0.05, 0) is 73.9 Å². The smallest absolute Gasteiger partial charge is 0.189 e. The van der Waals surface area contributed by atoms with Crippen molar-refractivity contribution in [2.24, 2.45) is 0 Å². The zero-order chi connectivity index (χ0) is 14.5. The molecule has 2 aromatic rings. The van der Waals surface area contributed by atoms with E-state index in [-0.39, 0.29) is 0 Å². The molecule has 2 rings (SSSR count). The highest BCUT2D eigenvalue weighted by Gasteiger charge is 1.99. The van der Waals surface area contributed by atoms with E-state index < -0.39 is 0 Å². The molecule has 0 bridgehead atoms. The molecule has 4 heteroatoms. The first-order valence-corrected chi connectivity index (χ1v) is 6.92. The van der Waals surface area contributed by atoms with Crippen molar-refractivity contribution < 1.29 is 0 Å². The molecule has 0 aliphatic heterocycles. The van der Waals surface area contributed by atoms with Crippen LogP contribution >= 0.6 is 12.2 Å². The summed E-state index contributed by atoms with van der Waals surface area (Å²) >= 11 is 5.26. The minimum Gasteiger partial charge on any atom is -0.331 e. The number of anilines is 2. The van der Waals surface area contributed by atoms with E-state index in [4.69, 9.17) is 12.2 Å². The lowest BCUT2D eigenvalue weighted by Gasteiger charge is -2.13. The molecule has 0 aliphatic carbocycles. The van der Waals surface area contributed by atoms with Gasteiger partial charge in [0.05, 0.1) is 5.69 Å². The molecule has 104 valence electrons. The lowest BCUT2D eigenvalue weighted by Crippen LogP contribution is -2.33. The Kier molecular flexibility index (Phi) is 4.58. The Morgan fingerprint density at radius 1 is 0.900 bits per heavy atom. The number of benzene rings is 2. The van der Waals surface area contributed by atoms with Crippen molar-refractivity contribution in [2.45, 2.75) is 20.8 Å². The SMILES string of the molecule is Cc1cccc(NNC(=S)Nc2ccc(C)c(C)c2)c1. The van der Waals surface area contributed by atoms with E-state index >= 15 is 0 Å². The second-order valence-electron chi connectivity index (χ2n) is 4.87. The third-order valence-electron chi connectivity index (χ3n) is 3.10. The highest BCUT2D eigenvalue weighted by atomic mass is 32.1. The van der Waals surface area contributed by atoms with Crippen molar-refractivity contribution in [3.05, 3.63) is 59.2 Å². The number of aryl methyl sites for hydroxylation is 3. The average Bonchev–Trinajstić information content (AvgIpc) is 2.41. The van der Waals surface area contributed by atoms with Crippen molar-refractivity contribution in [3.63, 3.8) is 0 Å². The Morgan fingerprint density at radius 2 is 1.70 bits per heavy atom. The maximum atomic E-state index is 5.26. The van der Waals surface area contributed by atoms with Gasteiger partial charge < -0.3 is 5.32 Å². The van der Waals surface area contributed by atoms with Crippen LogP contribution < -0.4 is 16.2 Å². The first kappa shape index (κ1) is 14.3. The summed E-state index contributed by atoms with van der Waals surface area (Å²) < 4.78 is 0. The minimum absolute atomic E-state index is 0.537. The van der Waals surface area contributed by atoms with E-state index in [0.717, 1.165) is 11.4 Å². The molecule has 0 saturated heterocycles. The first-order chi connectivity index (χ1) is 9.54. The Balaban J connectivity index is 1.91. The predicted molar refractivity (Wildman–Crippen MR) is 90.1 cm³/mol. The summed E-state index contributed by atoms with van der Waals surface area (Å²) in [6.45, 7) is 6.23. The molecule has 3 nitrogen and oxygen atoms in total. The van der Waals surface area contributed by atoms with Crippen LogP contribution in [0.15, 0.2) is 42.5 Å².